The summed E-state index contributed by atoms with van der Waals surface area (Å²) >= 11 is 0. The Balaban J connectivity index is 4.17. The molecule has 0 fully saturated rings. The van der Waals surface area contributed by atoms with Crippen molar-refractivity contribution in [2.75, 3.05) is 13.5 Å². The van der Waals surface area contributed by atoms with Crippen molar-refractivity contribution in [2.24, 2.45) is 0 Å². The fraction of sp³-hybridized carbons (Fsp3) is 0.875. The normalized spacial score (nSPS) is 17.2. The number of esters is 1. The van der Waals surface area contributed by atoms with Crippen LogP contribution in [0.25, 0.3) is 0 Å². The summed E-state index contributed by atoms with van der Waals surface area (Å²) in [4.78, 5) is 20.6. The molecule has 2 atom stereocenters. The minimum absolute atomic E-state index is 0.248. The van der Waals surface area contributed by atoms with Crippen molar-refractivity contribution in [3.63, 3.8) is 0 Å². The highest BCUT2D eigenvalue weighted by Crippen LogP contribution is 2.35. The van der Waals surface area contributed by atoms with Crippen LogP contribution in [0.3, 0.4) is 0 Å². The third kappa shape index (κ3) is 6.62. The average molecular weight is 239 g/mol. The molecule has 15 heavy (non-hydrogen) atoms. The Labute approximate surface area is 89.5 Å². The van der Waals surface area contributed by atoms with Gasteiger partial charge in [0.2, 0.25) is 0 Å². The van der Waals surface area contributed by atoms with Gasteiger partial charge in [0.15, 0.2) is 0 Å². The van der Waals surface area contributed by atoms with Gasteiger partial charge in [-0.2, -0.15) is 0 Å². The highest BCUT2D eigenvalue weighted by Gasteiger charge is 2.25. The van der Waals surface area contributed by atoms with Crippen LogP contribution in [-0.2, 0) is 18.8 Å². The van der Waals surface area contributed by atoms with E-state index in [1.165, 1.54) is 14.0 Å². The lowest BCUT2D eigenvalue weighted by Crippen LogP contribution is -2.35. The molecule has 0 aromatic carbocycles. The maximum absolute atomic E-state index is 11.3. The van der Waals surface area contributed by atoms with Crippen LogP contribution in [0, 0.1) is 0 Å². The van der Waals surface area contributed by atoms with E-state index in [1.54, 1.807) is 13.8 Å². The number of methoxy groups -OCH3 is 1. The predicted molar refractivity (Wildman–Crippen MR) is 55.5 cm³/mol. The maximum atomic E-state index is 11.3. The van der Waals surface area contributed by atoms with E-state index in [4.69, 9.17) is 4.74 Å². The standard InChI is InChI=1S/C8H18NO5P/c1-6(2)14-8(10)7(3)9-15(11,12)5-13-4/h6-7H,5H2,1-4H3,(H2,9,11,12)/t7-/m0/s1. The van der Waals surface area contributed by atoms with Gasteiger partial charge in [-0.15, -0.1) is 0 Å². The van der Waals surface area contributed by atoms with E-state index in [-0.39, 0.29) is 12.5 Å². The van der Waals surface area contributed by atoms with Crippen LogP contribution in [-0.4, -0.2) is 36.5 Å². The largest absolute Gasteiger partial charge is 0.462 e. The SMILES string of the molecule is COCP(=O)(O)N[C@@H](C)C(=O)OC(C)C. The number of hydrogen-bond acceptors (Lipinski definition) is 4. The van der Waals surface area contributed by atoms with Gasteiger partial charge in [-0.1, -0.05) is 0 Å². The van der Waals surface area contributed by atoms with Crippen molar-refractivity contribution in [1.82, 2.24) is 5.09 Å². The fourth-order valence-electron chi connectivity index (χ4n) is 0.902. The third-order valence-electron chi connectivity index (χ3n) is 1.40. The molecule has 0 radical (unpaired) electrons. The van der Waals surface area contributed by atoms with E-state index in [9.17, 15) is 14.3 Å². The van der Waals surface area contributed by atoms with Crippen molar-refractivity contribution < 1.29 is 23.7 Å². The Hall–Kier alpha value is -0.420. The van der Waals surface area contributed by atoms with E-state index >= 15 is 0 Å². The van der Waals surface area contributed by atoms with Gasteiger partial charge >= 0.3 is 5.97 Å². The molecule has 2 N–H and O–H groups in total. The number of rotatable bonds is 6. The van der Waals surface area contributed by atoms with Crippen LogP contribution in [0.5, 0.6) is 0 Å². The van der Waals surface area contributed by atoms with Crippen molar-refractivity contribution in [3.05, 3.63) is 0 Å². The van der Waals surface area contributed by atoms with Gasteiger partial charge in [-0.3, -0.25) is 9.36 Å². The lowest BCUT2D eigenvalue weighted by Gasteiger charge is -2.18. The molecular weight excluding hydrogens is 221 g/mol. The highest BCUT2D eigenvalue weighted by molar-refractivity contribution is 7.55. The summed E-state index contributed by atoms with van der Waals surface area (Å²) < 4.78 is 20.7. The zero-order valence-corrected chi connectivity index (χ0v) is 10.3. The van der Waals surface area contributed by atoms with Crippen LogP contribution in [0.1, 0.15) is 20.8 Å². The minimum atomic E-state index is -3.62. The molecule has 7 heteroatoms. The first-order chi connectivity index (χ1) is 6.78. The molecule has 0 spiro atoms. The molecule has 1 unspecified atom stereocenters. The van der Waals surface area contributed by atoms with E-state index in [0.29, 0.717) is 0 Å². The number of hydrogen-bond donors (Lipinski definition) is 2. The van der Waals surface area contributed by atoms with Crippen molar-refractivity contribution in [3.8, 4) is 0 Å². The molecule has 0 aliphatic rings. The Morgan fingerprint density at radius 2 is 2.00 bits per heavy atom. The van der Waals surface area contributed by atoms with Gasteiger partial charge in [0.05, 0.1) is 6.10 Å². The second-order valence-corrected chi connectivity index (χ2v) is 5.38. The Morgan fingerprint density at radius 1 is 1.47 bits per heavy atom. The van der Waals surface area contributed by atoms with Crippen LogP contribution >= 0.6 is 7.52 Å². The average Bonchev–Trinajstić information content (AvgIpc) is 2.01. The Kier molecular flexibility index (Phi) is 6.05. The second kappa shape index (κ2) is 6.23. The molecule has 0 rings (SSSR count). The lowest BCUT2D eigenvalue weighted by molar-refractivity contribution is -0.149. The number of nitrogens with one attached hydrogen (secondary N) is 1. The summed E-state index contributed by atoms with van der Waals surface area (Å²) in [5.74, 6) is -0.560. The van der Waals surface area contributed by atoms with Crippen molar-refractivity contribution in [1.29, 1.82) is 0 Å². The van der Waals surface area contributed by atoms with Crippen LogP contribution in [0.15, 0.2) is 0 Å². The summed E-state index contributed by atoms with van der Waals surface area (Å²) in [5.41, 5.74) is 0. The number of carbonyl (C=O) groups excluding carboxylic acids is 1. The molecule has 0 heterocycles. The summed E-state index contributed by atoms with van der Waals surface area (Å²) in [5, 5.41) is 2.27. The third-order valence-corrected chi connectivity index (χ3v) is 2.80. The van der Waals surface area contributed by atoms with Gasteiger partial charge in [0, 0.05) is 7.11 Å². The summed E-state index contributed by atoms with van der Waals surface area (Å²) in [6.07, 6.45) is -0.589. The fourth-order valence-corrected chi connectivity index (χ4v) is 2.04. The first kappa shape index (κ1) is 14.6. The summed E-state index contributed by atoms with van der Waals surface area (Å²) in [6.45, 7) is 4.87. The molecular formula is C8H18NO5P. The lowest BCUT2D eigenvalue weighted by atomic mass is 10.4. The van der Waals surface area contributed by atoms with Crippen LogP contribution in [0.2, 0.25) is 0 Å². The van der Waals surface area contributed by atoms with E-state index in [2.05, 4.69) is 9.82 Å². The first-order valence-corrected chi connectivity index (χ1v) is 6.42. The number of ether oxygens (including phenoxy) is 2. The Bertz CT molecular complexity index is 255. The molecule has 0 amide bonds. The van der Waals surface area contributed by atoms with Crippen LogP contribution < -0.4 is 5.09 Å². The minimum Gasteiger partial charge on any atom is -0.462 e. The molecule has 0 aromatic heterocycles. The van der Waals surface area contributed by atoms with Crippen molar-refractivity contribution >= 4 is 13.5 Å². The van der Waals surface area contributed by atoms with Crippen LogP contribution in [0.4, 0.5) is 0 Å². The maximum Gasteiger partial charge on any atom is 0.323 e. The van der Waals surface area contributed by atoms with Gasteiger partial charge in [-0.25, -0.2) is 5.09 Å². The van der Waals surface area contributed by atoms with Gasteiger partial charge in [0.1, 0.15) is 12.4 Å². The molecule has 0 saturated heterocycles. The zero-order valence-electron chi connectivity index (χ0n) is 9.39. The molecule has 0 aliphatic heterocycles. The van der Waals surface area contributed by atoms with Crippen molar-refractivity contribution in [2.45, 2.75) is 32.9 Å². The molecule has 0 aromatic rings. The van der Waals surface area contributed by atoms with E-state index in [0.717, 1.165) is 0 Å². The highest BCUT2D eigenvalue weighted by atomic mass is 31.2. The smallest absolute Gasteiger partial charge is 0.323 e. The molecule has 6 nitrogen and oxygen atoms in total. The van der Waals surface area contributed by atoms with Gasteiger partial charge in [-0.05, 0) is 20.8 Å². The molecule has 0 saturated carbocycles. The number of carbonyl (C=O) groups is 1. The molecule has 0 bridgehead atoms. The second-order valence-electron chi connectivity index (χ2n) is 3.46. The zero-order chi connectivity index (χ0) is 12.1. The monoisotopic (exact) mass is 239 g/mol. The van der Waals surface area contributed by atoms with E-state index in [1.807, 2.05) is 0 Å². The first-order valence-electron chi connectivity index (χ1n) is 4.57. The van der Waals surface area contributed by atoms with Gasteiger partial charge in [0.25, 0.3) is 7.52 Å². The quantitative estimate of drug-likeness (QED) is 0.524. The van der Waals surface area contributed by atoms with Gasteiger partial charge < -0.3 is 14.4 Å². The topological polar surface area (TPSA) is 84.9 Å². The van der Waals surface area contributed by atoms with E-state index < -0.39 is 19.5 Å². The Morgan fingerprint density at radius 3 is 2.40 bits per heavy atom. The predicted octanol–water partition coefficient (Wildman–Crippen LogP) is 0.705. The summed E-state index contributed by atoms with van der Waals surface area (Å²) in [7, 11) is -2.31. The molecule has 90 valence electrons. The summed E-state index contributed by atoms with van der Waals surface area (Å²) in [6, 6.07) is -0.835. The molecule has 0 aliphatic carbocycles.